The standard InChI is InChI=1S/C56H43N3/c1-4-15-50-55(57)48-35-42(26-27-49(48)56(50,2)3)58-51-22-13-11-20-44(51)46-33-38(24-28-53(46)58)39-25-29-54-47(34-39)45-21-12-14-23-52(45)59(54)43-31-40(36-16-7-5-8-17-36)30-41(32-43)37-18-9-6-10-19-37/h4-35H,57H2,1-3H3/b15-4-. The van der Waals surface area contributed by atoms with Gasteiger partial charge in [-0.3, -0.25) is 0 Å². The second-order valence-electron chi connectivity index (χ2n) is 16.4. The number of nitrogens with zero attached hydrogens (tertiary/aromatic N) is 2. The smallest absolute Gasteiger partial charge is 0.0541 e. The van der Waals surface area contributed by atoms with Crippen molar-refractivity contribution in [3.8, 4) is 44.8 Å². The van der Waals surface area contributed by atoms with Crippen LogP contribution in [0.25, 0.3) is 94.1 Å². The van der Waals surface area contributed by atoms with Crippen molar-refractivity contribution in [2.75, 3.05) is 0 Å². The van der Waals surface area contributed by atoms with E-state index >= 15 is 0 Å². The molecule has 0 saturated carbocycles. The molecule has 1 aliphatic carbocycles. The fraction of sp³-hybridized carbons (Fsp3) is 0.0714. The van der Waals surface area contributed by atoms with Gasteiger partial charge in [-0.2, -0.15) is 0 Å². The van der Waals surface area contributed by atoms with Gasteiger partial charge in [-0.25, -0.2) is 0 Å². The van der Waals surface area contributed by atoms with Crippen molar-refractivity contribution >= 4 is 49.3 Å². The number of aromatic nitrogens is 2. The highest BCUT2D eigenvalue weighted by Crippen LogP contribution is 2.46. The zero-order valence-corrected chi connectivity index (χ0v) is 33.4. The molecule has 0 amide bonds. The lowest BCUT2D eigenvalue weighted by Crippen LogP contribution is -2.16. The van der Waals surface area contributed by atoms with E-state index in [2.05, 4.69) is 224 Å². The molecule has 11 rings (SSSR count). The van der Waals surface area contributed by atoms with Crippen LogP contribution in [0.15, 0.2) is 200 Å². The van der Waals surface area contributed by atoms with E-state index in [1.165, 1.54) is 88.1 Å². The molecule has 2 aromatic heterocycles. The number of nitrogens with two attached hydrogens (primary N) is 1. The number of para-hydroxylation sites is 2. The average molecular weight is 758 g/mol. The molecule has 2 N–H and O–H groups in total. The van der Waals surface area contributed by atoms with Gasteiger partial charge >= 0.3 is 0 Å². The average Bonchev–Trinajstić information content (AvgIpc) is 3.86. The fourth-order valence-corrected chi connectivity index (χ4v) is 9.73. The minimum Gasteiger partial charge on any atom is -0.398 e. The van der Waals surface area contributed by atoms with Crippen LogP contribution in [0.2, 0.25) is 0 Å². The summed E-state index contributed by atoms with van der Waals surface area (Å²) in [4.78, 5) is 0. The molecule has 0 atom stereocenters. The minimum atomic E-state index is -0.148. The van der Waals surface area contributed by atoms with Crippen molar-refractivity contribution in [3.63, 3.8) is 0 Å². The maximum atomic E-state index is 6.87. The quantitative estimate of drug-likeness (QED) is 0.180. The summed E-state index contributed by atoms with van der Waals surface area (Å²) in [6.07, 6.45) is 4.25. The van der Waals surface area contributed by atoms with Crippen molar-refractivity contribution in [3.05, 3.63) is 211 Å². The van der Waals surface area contributed by atoms with Gasteiger partial charge in [-0.15, -0.1) is 0 Å². The highest BCUT2D eigenvalue weighted by Gasteiger charge is 2.35. The maximum Gasteiger partial charge on any atom is 0.0541 e. The topological polar surface area (TPSA) is 35.9 Å². The fourth-order valence-electron chi connectivity index (χ4n) is 9.73. The molecule has 0 fully saturated rings. The molecule has 8 aromatic carbocycles. The third kappa shape index (κ3) is 5.42. The first-order valence-electron chi connectivity index (χ1n) is 20.5. The molecule has 0 aliphatic heterocycles. The zero-order chi connectivity index (χ0) is 39.8. The van der Waals surface area contributed by atoms with Gasteiger partial charge in [0.15, 0.2) is 0 Å². The number of fused-ring (bicyclic) bond motifs is 7. The first-order valence-corrected chi connectivity index (χ1v) is 20.5. The van der Waals surface area contributed by atoms with E-state index in [0.717, 1.165) is 22.6 Å². The minimum absolute atomic E-state index is 0.148. The summed E-state index contributed by atoms with van der Waals surface area (Å²) in [7, 11) is 0. The molecule has 0 spiro atoms. The van der Waals surface area contributed by atoms with Crippen molar-refractivity contribution < 1.29 is 0 Å². The molecular formula is C56H43N3. The van der Waals surface area contributed by atoms with Crippen LogP contribution in [0.3, 0.4) is 0 Å². The number of hydrogen-bond acceptors (Lipinski definition) is 1. The van der Waals surface area contributed by atoms with Crippen molar-refractivity contribution in [1.29, 1.82) is 0 Å². The Kier molecular flexibility index (Phi) is 7.89. The molecule has 10 aromatic rings. The molecule has 282 valence electrons. The Morgan fingerprint density at radius 1 is 0.424 bits per heavy atom. The summed E-state index contributed by atoms with van der Waals surface area (Å²) in [5, 5.41) is 4.93. The van der Waals surface area contributed by atoms with Crippen LogP contribution in [0.4, 0.5) is 0 Å². The van der Waals surface area contributed by atoms with Gasteiger partial charge in [0.1, 0.15) is 0 Å². The van der Waals surface area contributed by atoms with Gasteiger partial charge in [0.05, 0.1) is 22.1 Å². The predicted octanol–water partition coefficient (Wildman–Crippen LogP) is 14.4. The Bertz CT molecular complexity index is 3300. The first-order chi connectivity index (χ1) is 28.9. The number of allylic oxidation sites excluding steroid dienone is 3. The van der Waals surface area contributed by atoms with Gasteiger partial charge in [-0.1, -0.05) is 141 Å². The van der Waals surface area contributed by atoms with Gasteiger partial charge in [0, 0.05) is 49.6 Å². The first kappa shape index (κ1) is 34.9. The molecule has 3 nitrogen and oxygen atoms in total. The van der Waals surface area contributed by atoms with Crippen LogP contribution < -0.4 is 5.73 Å². The Labute approximate surface area is 344 Å². The van der Waals surface area contributed by atoms with Gasteiger partial charge in [0.2, 0.25) is 0 Å². The molecule has 2 heterocycles. The highest BCUT2D eigenvalue weighted by molar-refractivity contribution is 6.13. The monoisotopic (exact) mass is 757 g/mol. The van der Waals surface area contributed by atoms with Gasteiger partial charge < -0.3 is 14.9 Å². The number of hydrogen-bond donors (Lipinski definition) is 1. The Hall–Kier alpha value is -7.36. The molecule has 0 bridgehead atoms. The van der Waals surface area contributed by atoms with E-state index in [4.69, 9.17) is 5.73 Å². The van der Waals surface area contributed by atoms with Gasteiger partial charge in [0.25, 0.3) is 0 Å². The molecule has 0 saturated heterocycles. The van der Waals surface area contributed by atoms with E-state index in [9.17, 15) is 0 Å². The molecule has 1 aliphatic rings. The lowest BCUT2D eigenvalue weighted by molar-refractivity contribution is 0.653. The Morgan fingerprint density at radius 3 is 1.46 bits per heavy atom. The second kappa shape index (κ2) is 13.4. The lowest BCUT2D eigenvalue weighted by atomic mass is 9.81. The zero-order valence-electron chi connectivity index (χ0n) is 33.4. The summed E-state index contributed by atoms with van der Waals surface area (Å²) < 4.78 is 4.83. The largest absolute Gasteiger partial charge is 0.398 e. The van der Waals surface area contributed by atoms with Crippen LogP contribution in [0.5, 0.6) is 0 Å². The van der Waals surface area contributed by atoms with E-state index in [1.54, 1.807) is 0 Å². The molecule has 3 heteroatoms. The molecule has 59 heavy (non-hydrogen) atoms. The lowest BCUT2D eigenvalue weighted by Gasteiger charge is -2.22. The van der Waals surface area contributed by atoms with Crippen LogP contribution >= 0.6 is 0 Å². The summed E-state index contributed by atoms with van der Waals surface area (Å²) in [5.41, 5.74) is 25.3. The summed E-state index contributed by atoms with van der Waals surface area (Å²) in [5.74, 6) is 0. The molecule has 0 radical (unpaired) electrons. The Morgan fingerprint density at radius 2 is 0.915 bits per heavy atom. The van der Waals surface area contributed by atoms with Crippen molar-refractivity contribution in [1.82, 2.24) is 9.13 Å². The van der Waals surface area contributed by atoms with E-state index in [-0.39, 0.29) is 5.41 Å². The normalized spacial score (nSPS) is 13.7. The van der Waals surface area contributed by atoms with Crippen molar-refractivity contribution in [2.45, 2.75) is 26.2 Å². The second-order valence-corrected chi connectivity index (χ2v) is 16.4. The van der Waals surface area contributed by atoms with Gasteiger partial charge in [-0.05, 0) is 118 Å². The summed E-state index contributed by atoms with van der Waals surface area (Å²) in [6, 6.07) is 66.7. The highest BCUT2D eigenvalue weighted by atomic mass is 15.0. The third-order valence-electron chi connectivity index (χ3n) is 12.6. The number of rotatable bonds is 6. The van der Waals surface area contributed by atoms with Crippen LogP contribution in [-0.2, 0) is 5.41 Å². The molecule has 0 unspecified atom stereocenters. The van der Waals surface area contributed by atoms with E-state index in [0.29, 0.717) is 0 Å². The number of benzene rings is 8. The van der Waals surface area contributed by atoms with Crippen LogP contribution in [-0.4, -0.2) is 9.13 Å². The molecular weight excluding hydrogens is 715 g/mol. The van der Waals surface area contributed by atoms with Crippen molar-refractivity contribution in [2.24, 2.45) is 5.73 Å². The van der Waals surface area contributed by atoms with E-state index < -0.39 is 0 Å². The van der Waals surface area contributed by atoms with E-state index in [1.807, 2.05) is 0 Å². The maximum absolute atomic E-state index is 6.87. The summed E-state index contributed by atoms with van der Waals surface area (Å²) >= 11 is 0. The predicted molar refractivity (Wildman–Crippen MR) is 250 cm³/mol. The van der Waals surface area contributed by atoms with Crippen LogP contribution in [0, 0.1) is 0 Å². The third-order valence-corrected chi connectivity index (χ3v) is 12.6. The van der Waals surface area contributed by atoms with Crippen LogP contribution in [0.1, 0.15) is 31.9 Å². The summed E-state index contributed by atoms with van der Waals surface area (Å²) in [6.45, 7) is 6.59. The SMILES string of the molecule is C/C=C\C1=C(N)c2cc(-n3c4ccccc4c4cc(-c5ccc6c(c5)c5ccccc5n6-c5cc(-c6ccccc6)cc(-c6ccccc6)c5)ccc43)ccc2C1(C)C. The Balaban J connectivity index is 1.07.